The number of anilines is 1. The summed E-state index contributed by atoms with van der Waals surface area (Å²) in [7, 11) is 0. The molecule has 4 rings (SSSR count). The molecule has 1 saturated heterocycles. The second kappa shape index (κ2) is 7.59. The van der Waals surface area contributed by atoms with Crippen LogP contribution in [0.5, 0.6) is 0 Å². The van der Waals surface area contributed by atoms with Crippen LogP contribution in [-0.2, 0) is 0 Å². The first-order chi connectivity index (χ1) is 13.5. The summed E-state index contributed by atoms with van der Waals surface area (Å²) in [6, 6.07) is 11.5. The summed E-state index contributed by atoms with van der Waals surface area (Å²) in [5, 5.41) is 11.7. The molecule has 1 amide bonds. The molecule has 0 bridgehead atoms. The van der Waals surface area contributed by atoms with Crippen LogP contribution in [0.15, 0.2) is 42.7 Å². The maximum Gasteiger partial charge on any atom is 0.256 e. The monoisotopic (exact) mass is 396 g/mol. The van der Waals surface area contributed by atoms with E-state index in [4.69, 9.17) is 11.6 Å². The zero-order valence-corrected chi connectivity index (χ0v) is 16.6. The van der Waals surface area contributed by atoms with Crippen LogP contribution in [0.4, 0.5) is 5.69 Å². The summed E-state index contributed by atoms with van der Waals surface area (Å²) in [6.07, 6.45) is 1.47. The van der Waals surface area contributed by atoms with E-state index < -0.39 is 0 Å². The zero-order valence-electron chi connectivity index (χ0n) is 15.8. The minimum Gasteiger partial charge on any atom is -0.368 e. The summed E-state index contributed by atoms with van der Waals surface area (Å²) in [5.41, 5.74) is 4.93. The summed E-state index contributed by atoms with van der Waals surface area (Å²) < 4.78 is 1.48. The molecule has 3 aromatic rings. The van der Waals surface area contributed by atoms with Gasteiger partial charge in [-0.05, 0) is 59.7 Å². The first-order valence-corrected chi connectivity index (χ1v) is 9.56. The van der Waals surface area contributed by atoms with Gasteiger partial charge in [0.15, 0.2) is 0 Å². The first kappa shape index (κ1) is 18.4. The summed E-state index contributed by atoms with van der Waals surface area (Å²) >= 11 is 6.16. The fourth-order valence-electron chi connectivity index (χ4n) is 3.55. The molecule has 0 unspecified atom stereocenters. The molecule has 0 aliphatic carbocycles. The van der Waals surface area contributed by atoms with Crippen molar-refractivity contribution in [1.29, 1.82) is 0 Å². The minimum absolute atomic E-state index is 0.0615. The van der Waals surface area contributed by atoms with E-state index >= 15 is 0 Å². The Kier molecular flexibility index (Phi) is 5.00. The highest BCUT2D eigenvalue weighted by Crippen LogP contribution is 2.25. The Morgan fingerprint density at radius 1 is 1.04 bits per heavy atom. The second-order valence-electron chi connectivity index (χ2n) is 6.91. The zero-order chi connectivity index (χ0) is 19.7. The van der Waals surface area contributed by atoms with Gasteiger partial charge in [0.2, 0.25) is 0 Å². The standard InChI is InChI=1S/C20H21ClN6O/c1-14-4-3-5-18(15(14)2)25-8-10-26(11-9-25)20(28)17-12-16(21)6-7-19(17)27-13-22-23-24-27/h3-7,12-13H,8-11H2,1-2H3. The molecule has 1 aliphatic rings. The van der Waals surface area contributed by atoms with Crippen LogP contribution in [0.2, 0.25) is 5.02 Å². The molecule has 1 fully saturated rings. The third-order valence-electron chi connectivity index (χ3n) is 5.27. The fraction of sp³-hybridized carbons (Fsp3) is 0.300. The maximum atomic E-state index is 13.2. The molecule has 0 saturated carbocycles. The van der Waals surface area contributed by atoms with E-state index in [-0.39, 0.29) is 5.91 Å². The lowest BCUT2D eigenvalue weighted by Gasteiger charge is -2.37. The van der Waals surface area contributed by atoms with Crippen LogP contribution < -0.4 is 4.90 Å². The van der Waals surface area contributed by atoms with E-state index in [9.17, 15) is 4.79 Å². The number of tetrazole rings is 1. The summed E-state index contributed by atoms with van der Waals surface area (Å²) in [4.78, 5) is 17.4. The molecule has 144 valence electrons. The molecule has 1 aromatic heterocycles. The van der Waals surface area contributed by atoms with Crippen molar-refractivity contribution in [3.63, 3.8) is 0 Å². The van der Waals surface area contributed by atoms with E-state index in [0.717, 1.165) is 13.1 Å². The number of aromatic nitrogens is 4. The SMILES string of the molecule is Cc1cccc(N2CCN(C(=O)c3cc(Cl)ccc3-n3cnnn3)CC2)c1C. The van der Waals surface area contributed by atoms with Crippen LogP contribution in [-0.4, -0.2) is 57.2 Å². The van der Waals surface area contributed by atoms with Gasteiger partial charge in [-0.25, -0.2) is 0 Å². The maximum absolute atomic E-state index is 13.2. The molecule has 8 heteroatoms. The number of carbonyl (C=O) groups is 1. The predicted molar refractivity (Wildman–Crippen MR) is 108 cm³/mol. The fourth-order valence-corrected chi connectivity index (χ4v) is 3.72. The minimum atomic E-state index is -0.0615. The Morgan fingerprint density at radius 2 is 1.82 bits per heavy atom. The van der Waals surface area contributed by atoms with Crippen LogP contribution in [0, 0.1) is 13.8 Å². The quantitative estimate of drug-likeness (QED) is 0.681. The van der Waals surface area contributed by atoms with Crippen molar-refractivity contribution < 1.29 is 4.79 Å². The predicted octanol–water partition coefficient (Wildman–Crippen LogP) is 2.89. The van der Waals surface area contributed by atoms with Crippen molar-refractivity contribution in [2.45, 2.75) is 13.8 Å². The Morgan fingerprint density at radius 3 is 2.54 bits per heavy atom. The van der Waals surface area contributed by atoms with Gasteiger partial charge in [-0.3, -0.25) is 4.79 Å². The van der Waals surface area contributed by atoms with Crippen molar-refractivity contribution >= 4 is 23.2 Å². The van der Waals surface area contributed by atoms with Gasteiger partial charge >= 0.3 is 0 Å². The second-order valence-corrected chi connectivity index (χ2v) is 7.35. The highest BCUT2D eigenvalue weighted by molar-refractivity contribution is 6.31. The number of hydrogen-bond acceptors (Lipinski definition) is 5. The number of piperazine rings is 1. The molecule has 2 aromatic carbocycles. The number of hydrogen-bond donors (Lipinski definition) is 0. The van der Waals surface area contributed by atoms with Crippen molar-refractivity contribution in [3.8, 4) is 5.69 Å². The smallest absolute Gasteiger partial charge is 0.256 e. The lowest BCUT2D eigenvalue weighted by Crippen LogP contribution is -2.49. The van der Waals surface area contributed by atoms with Gasteiger partial charge in [0.1, 0.15) is 6.33 Å². The average Bonchev–Trinajstić information content (AvgIpc) is 3.24. The third-order valence-corrected chi connectivity index (χ3v) is 5.50. The Balaban J connectivity index is 1.54. The van der Waals surface area contributed by atoms with Crippen molar-refractivity contribution in [2.24, 2.45) is 0 Å². The summed E-state index contributed by atoms with van der Waals surface area (Å²) in [5.74, 6) is -0.0615. The van der Waals surface area contributed by atoms with Crippen LogP contribution >= 0.6 is 11.6 Å². The molecule has 0 atom stereocenters. The van der Waals surface area contributed by atoms with Gasteiger partial charge in [-0.15, -0.1) is 5.10 Å². The number of benzene rings is 2. The van der Waals surface area contributed by atoms with E-state index in [1.165, 1.54) is 27.8 Å². The normalized spacial score (nSPS) is 14.4. The van der Waals surface area contributed by atoms with Crippen molar-refractivity contribution in [1.82, 2.24) is 25.1 Å². The van der Waals surface area contributed by atoms with Crippen LogP contribution in [0.25, 0.3) is 5.69 Å². The van der Waals surface area contributed by atoms with Gasteiger partial charge in [-0.2, -0.15) is 4.68 Å². The molecule has 1 aliphatic heterocycles. The van der Waals surface area contributed by atoms with Gasteiger partial charge in [0.25, 0.3) is 5.91 Å². The van der Waals surface area contributed by atoms with Gasteiger partial charge in [0, 0.05) is 36.9 Å². The molecule has 28 heavy (non-hydrogen) atoms. The molecular weight excluding hydrogens is 376 g/mol. The topological polar surface area (TPSA) is 67.2 Å². The third kappa shape index (κ3) is 3.45. The number of nitrogens with zero attached hydrogens (tertiary/aromatic N) is 6. The molecule has 0 spiro atoms. The highest BCUT2D eigenvalue weighted by Gasteiger charge is 2.25. The molecule has 0 N–H and O–H groups in total. The number of carbonyl (C=O) groups excluding carboxylic acids is 1. The van der Waals surface area contributed by atoms with Gasteiger partial charge < -0.3 is 9.80 Å². The van der Waals surface area contributed by atoms with Gasteiger partial charge in [0.05, 0.1) is 11.3 Å². The van der Waals surface area contributed by atoms with E-state index in [1.54, 1.807) is 18.2 Å². The first-order valence-electron chi connectivity index (χ1n) is 9.18. The van der Waals surface area contributed by atoms with E-state index in [2.05, 4.69) is 52.5 Å². The van der Waals surface area contributed by atoms with Crippen LogP contribution in [0.1, 0.15) is 21.5 Å². The Bertz CT molecular complexity index is 996. The van der Waals surface area contributed by atoms with Crippen LogP contribution in [0.3, 0.4) is 0 Å². The molecule has 7 nitrogen and oxygen atoms in total. The number of rotatable bonds is 3. The number of amides is 1. The highest BCUT2D eigenvalue weighted by atomic mass is 35.5. The van der Waals surface area contributed by atoms with E-state index in [0.29, 0.717) is 29.4 Å². The van der Waals surface area contributed by atoms with Gasteiger partial charge in [-0.1, -0.05) is 23.7 Å². The Hall–Kier alpha value is -2.93. The lowest BCUT2D eigenvalue weighted by atomic mass is 10.1. The molecule has 0 radical (unpaired) electrons. The lowest BCUT2D eigenvalue weighted by molar-refractivity contribution is 0.0746. The Labute approximate surface area is 168 Å². The number of halogens is 1. The summed E-state index contributed by atoms with van der Waals surface area (Å²) in [6.45, 7) is 7.14. The molecular formula is C20H21ClN6O. The average molecular weight is 397 g/mol. The largest absolute Gasteiger partial charge is 0.368 e. The van der Waals surface area contributed by atoms with Crippen molar-refractivity contribution in [2.75, 3.05) is 31.1 Å². The van der Waals surface area contributed by atoms with Crippen molar-refractivity contribution in [3.05, 3.63) is 64.4 Å². The van der Waals surface area contributed by atoms with E-state index in [1.807, 2.05) is 4.90 Å². The molecule has 2 heterocycles. The number of aryl methyl sites for hydroxylation is 1.